The number of rotatable bonds is 5. The zero-order valence-corrected chi connectivity index (χ0v) is 11.3. The number of allylic oxidation sites excluding steroid dienone is 3. The van der Waals surface area contributed by atoms with Gasteiger partial charge in [-0.05, 0) is 35.8 Å². The van der Waals surface area contributed by atoms with Crippen LogP contribution in [0.25, 0.3) is 0 Å². The summed E-state index contributed by atoms with van der Waals surface area (Å²) in [6.07, 6.45) is 3.99. The predicted octanol–water partition coefficient (Wildman–Crippen LogP) is 4.61. The van der Waals surface area contributed by atoms with Gasteiger partial charge in [-0.15, -0.1) is 0 Å². The number of anilines is 1. The molecule has 1 amide bonds. The minimum absolute atomic E-state index is 0.353. The number of carbonyl (C=O) groups is 1. The summed E-state index contributed by atoms with van der Waals surface area (Å²) in [5, 5.41) is 2.65. The first-order valence-corrected chi connectivity index (χ1v) is 6.10. The maximum atomic E-state index is 11.6. The molecule has 1 rings (SSSR count). The number of ether oxygens (including phenoxy) is 1. The van der Waals surface area contributed by atoms with E-state index in [-0.39, 0.29) is 0 Å². The Morgan fingerprint density at radius 2 is 1.89 bits per heavy atom. The highest BCUT2D eigenvalue weighted by Gasteiger charge is 2.05. The minimum Gasteiger partial charge on any atom is -0.410 e. The van der Waals surface area contributed by atoms with Crippen LogP contribution < -0.4 is 5.32 Å². The molecule has 0 spiro atoms. The molecule has 19 heavy (non-hydrogen) atoms. The van der Waals surface area contributed by atoms with Crippen molar-refractivity contribution in [3.05, 3.63) is 67.0 Å². The van der Waals surface area contributed by atoms with Crippen molar-refractivity contribution in [2.24, 2.45) is 0 Å². The Kier molecular flexibility index (Phi) is 5.61. The van der Waals surface area contributed by atoms with E-state index in [2.05, 4.69) is 32.3 Å². The topological polar surface area (TPSA) is 38.3 Å². The molecule has 3 heteroatoms. The standard InChI is InChI=1S/C16H19NO2/c1-5-7-15(6-2)19-16(18)17-14-10-8-13(9-11-14)12(3)4/h5-12H,1-2H2,3-4H3,(H,17,18)/b15-7+. The average Bonchev–Trinajstić information content (AvgIpc) is 2.38. The molecule has 0 fully saturated rings. The maximum Gasteiger partial charge on any atom is 0.417 e. The fraction of sp³-hybridized carbons (Fsp3) is 0.188. The molecular formula is C16H19NO2. The molecule has 0 radical (unpaired) electrons. The largest absolute Gasteiger partial charge is 0.417 e. The molecule has 3 nitrogen and oxygen atoms in total. The normalized spacial score (nSPS) is 11.0. The fourth-order valence-corrected chi connectivity index (χ4v) is 1.46. The summed E-state index contributed by atoms with van der Waals surface area (Å²) in [6, 6.07) is 7.66. The van der Waals surface area contributed by atoms with Crippen molar-refractivity contribution in [2.75, 3.05) is 5.32 Å². The van der Waals surface area contributed by atoms with E-state index in [1.165, 1.54) is 17.7 Å². The van der Waals surface area contributed by atoms with Gasteiger partial charge in [-0.3, -0.25) is 5.32 Å². The number of amides is 1. The summed E-state index contributed by atoms with van der Waals surface area (Å²) in [6.45, 7) is 11.3. The van der Waals surface area contributed by atoms with Crippen molar-refractivity contribution >= 4 is 11.8 Å². The molecule has 0 aliphatic rings. The Bertz CT molecular complexity index is 484. The Morgan fingerprint density at radius 3 is 2.37 bits per heavy atom. The number of carbonyl (C=O) groups excluding carboxylic acids is 1. The lowest BCUT2D eigenvalue weighted by Gasteiger charge is -2.09. The number of hydrogen-bond acceptors (Lipinski definition) is 2. The van der Waals surface area contributed by atoms with Crippen LogP contribution in [0.5, 0.6) is 0 Å². The van der Waals surface area contributed by atoms with E-state index >= 15 is 0 Å². The van der Waals surface area contributed by atoms with E-state index in [1.807, 2.05) is 24.3 Å². The van der Waals surface area contributed by atoms with E-state index in [4.69, 9.17) is 4.74 Å². The summed E-state index contributed by atoms with van der Waals surface area (Å²) in [5.41, 5.74) is 1.91. The van der Waals surface area contributed by atoms with Crippen LogP contribution in [0.1, 0.15) is 25.3 Å². The van der Waals surface area contributed by atoms with Gasteiger partial charge in [-0.25, -0.2) is 4.79 Å². The smallest absolute Gasteiger partial charge is 0.410 e. The molecule has 1 aromatic carbocycles. The number of nitrogens with one attached hydrogen (secondary N) is 1. The molecule has 0 atom stereocenters. The third kappa shape index (κ3) is 4.84. The lowest BCUT2D eigenvalue weighted by Crippen LogP contribution is -2.12. The quantitative estimate of drug-likeness (QED) is 0.617. The zero-order chi connectivity index (χ0) is 14.3. The summed E-state index contributed by atoms with van der Waals surface area (Å²) < 4.78 is 5.04. The van der Waals surface area contributed by atoms with Gasteiger partial charge in [-0.2, -0.15) is 0 Å². The second kappa shape index (κ2) is 7.21. The third-order valence-electron chi connectivity index (χ3n) is 2.52. The van der Waals surface area contributed by atoms with Crippen LogP contribution in [-0.4, -0.2) is 6.09 Å². The van der Waals surface area contributed by atoms with Crippen LogP contribution in [0.2, 0.25) is 0 Å². The average molecular weight is 257 g/mol. The fourth-order valence-electron chi connectivity index (χ4n) is 1.46. The molecule has 0 saturated heterocycles. The minimum atomic E-state index is -0.551. The van der Waals surface area contributed by atoms with Crippen LogP contribution >= 0.6 is 0 Å². The highest BCUT2D eigenvalue weighted by molar-refractivity contribution is 5.85. The monoisotopic (exact) mass is 257 g/mol. The Morgan fingerprint density at radius 1 is 1.26 bits per heavy atom. The van der Waals surface area contributed by atoms with Crippen LogP contribution in [-0.2, 0) is 4.74 Å². The Hall–Kier alpha value is -2.29. The zero-order valence-electron chi connectivity index (χ0n) is 11.3. The Labute approximate surface area is 114 Å². The van der Waals surface area contributed by atoms with Gasteiger partial charge in [0.1, 0.15) is 5.76 Å². The van der Waals surface area contributed by atoms with Crippen LogP contribution in [0.15, 0.2) is 61.4 Å². The summed E-state index contributed by atoms with van der Waals surface area (Å²) in [5.74, 6) is 0.815. The van der Waals surface area contributed by atoms with E-state index < -0.39 is 6.09 Å². The summed E-state index contributed by atoms with van der Waals surface area (Å²) >= 11 is 0. The lowest BCUT2D eigenvalue weighted by molar-refractivity contribution is 0.195. The van der Waals surface area contributed by atoms with Crippen molar-refractivity contribution in [1.82, 2.24) is 0 Å². The van der Waals surface area contributed by atoms with Crippen molar-refractivity contribution in [2.45, 2.75) is 19.8 Å². The molecule has 1 N–H and O–H groups in total. The first kappa shape index (κ1) is 14.8. The maximum absolute atomic E-state index is 11.6. The van der Waals surface area contributed by atoms with E-state index in [0.29, 0.717) is 17.4 Å². The van der Waals surface area contributed by atoms with Gasteiger partial charge in [-0.1, -0.05) is 45.2 Å². The summed E-state index contributed by atoms with van der Waals surface area (Å²) in [7, 11) is 0. The SMILES string of the molecule is C=C/C=C(\C=C)OC(=O)Nc1ccc(C(C)C)cc1. The van der Waals surface area contributed by atoms with Crippen molar-refractivity contribution in [1.29, 1.82) is 0 Å². The van der Waals surface area contributed by atoms with Crippen molar-refractivity contribution in [3.8, 4) is 0 Å². The highest BCUT2D eigenvalue weighted by Crippen LogP contribution is 2.17. The molecule has 0 aliphatic heterocycles. The van der Waals surface area contributed by atoms with Gasteiger partial charge in [0, 0.05) is 5.69 Å². The first-order valence-electron chi connectivity index (χ1n) is 6.10. The summed E-state index contributed by atoms with van der Waals surface area (Å²) in [4.78, 5) is 11.6. The van der Waals surface area contributed by atoms with Crippen LogP contribution in [0.3, 0.4) is 0 Å². The van der Waals surface area contributed by atoms with Crippen LogP contribution in [0, 0.1) is 0 Å². The second-order valence-corrected chi connectivity index (χ2v) is 4.30. The Balaban J connectivity index is 2.64. The highest BCUT2D eigenvalue weighted by atomic mass is 16.6. The molecule has 100 valence electrons. The molecule has 0 aromatic heterocycles. The molecule has 1 aromatic rings. The van der Waals surface area contributed by atoms with Gasteiger partial charge in [0.15, 0.2) is 0 Å². The van der Waals surface area contributed by atoms with E-state index in [1.54, 1.807) is 6.08 Å². The van der Waals surface area contributed by atoms with Gasteiger partial charge in [0.2, 0.25) is 0 Å². The molecule has 0 aliphatic carbocycles. The molecule has 0 saturated carbocycles. The van der Waals surface area contributed by atoms with Crippen molar-refractivity contribution < 1.29 is 9.53 Å². The number of hydrogen-bond donors (Lipinski definition) is 1. The molecular weight excluding hydrogens is 238 g/mol. The number of benzene rings is 1. The van der Waals surface area contributed by atoms with Gasteiger partial charge in [0.05, 0.1) is 0 Å². The molecule has 0 bridgehead atoms. The van der Waals surface area contributed by atoms with Crippen LogP contribution in [0.4, 0.5) is 10.5 Å². The van der Waals surface area contributed by atoms with Gasteiger partial charge >= 0.3 is 6.09 Å². The third-order valence-corrected chi connectivity index (χ3v) is 2.52. The lowest BCUT2D eigenvalue weighted by atomic mass is 10.0. The first-order chi connectivity index (χ1) is 9.06. The molecule has 0 heterocycles. The van der Waals surface area contributed by atoms with Crippen molar-refractivity contribution in [3.63, 3.8) is 0 Å². The second-order valence-electron chi connectivity index (χ2n) is 4.30. The predicted molar refractivity (Wildman–Crippen MR) is 79.1 cm³/mol. The van der Waals surface area contributed by atoms with E-state index in [0.717, 1.165) is 0 Å². The van der Waals surface area contributed by atoms with Gasteiger partial charge in [0.25, 0.3) is 0 Å². The van der Waals surface area contributed by atoms with E-state index in [9.17, 15) is 4.79 Å². The molecule has 0 unspecified atom stereocenters. The van der Waals surface area contributed by atoms with Gasteiger partial charge < -0.3 is 4.74 Å².